The van der Waals surface area contributed by atoms with E-state index in [-0.39, 0.29) is 18.8 Å². The van der Waals surface area contributed by atoms with Crippen LogP contribution in [0.1, 0.15) is 42.1 Å². The molecule has 0 saturated carbocycles. The highest BCUT2D eigenvalue weighted by Gasteiger charge is 2.36. The number of hydrogen-bond donors (Lipinski definition) is 2. The van der Waals surface area contributed by atoms with Crippen molar-refractivity contribution in [2.75, 3.05) is 32.8 Å². The van der Waals surface area contributed by atoms with Gasteiger partial charge in [-0.05, 0) is 91.4 Å². The minimum Gasteiger partial charge on any atom is -0.490 e. The highest BCUT2D eigenvalue weighted by atomic mass is 35.5. The van der Waals surface area contributed by atoms with Crippen molar-refractivity contribution < 1.29 is 19.4 Å². The number of hydrogen-bond acceptors (Lipinski definition) is 5. The number of aliphatic hydroxyl groups is 1. The second kappa shape index (κ2) is 12.3. The largest absolute Gasteiger partial charge is 0.490 e. The molecule has 214 valence electrons. The zero-order valence-corrected chi connectivity index (χ0v) is 24.2. The van der Waals surface area contributed by atoms with Gasteiger partial charge in [-0.25, -0.2) is 4.79 Å². The smallest absolute Gasteiger partial charge is 0.416 e. The molecule has 4 aromatic rings. The lowest BCUT2D eigenvalue weighted by molar-refractivity contribution is 0.0963. The van der Waals surface area contributed by atoms with Gasteiger partial charge in [0, 0.05) is 59.4 Å². The summed E-state index contributed by atoms with van der Waals surface area (Å²) < 4.78 is 12.1. The number of aliphatic hydroxyl groups excluding tert-OH is 1. The van der Waals surface area contributed by atoms with Crippen molar-refractivity contribution in [3.05, 3.63) is 93.6 Å². The predicted molar refractivity (Wildman–Crippen MR) is 161 cm³/mol. The van der Waals surface area contributed by atoms with Crippen molar-refractivity contribution in [3.8, 4) is 11.5 Å². The van der Waals surface area contributed by atoms with Gasteiger partial charge in [-0.15, -0.1) is 0 Å². The van der Waals surface area contributed by atoms with Gasteiger partial charge in [0.05, 0.1) is 0 Å². The molecule has 0 spiro atoms. The number of ether oxygens (including phenoxy) is 2. The third kappa shape index (κ3) is 6.19. The number of H-pyrrole nitrogens is 1. The van der Waals surface area contributed by atoms with E-state index in [1.807, 2.05) is 42.5 Å². The van der Waals surface area contributed by atoms with Gasteiger partial charge >= 0.3 is 6.09 Å². The number of fused-ring (bicyclic) bond motifs is 3. The fourth-order valence-corrected chi connectivity index (χ4v) is 6.23. The number of benzene rings is 3. The maximum absolute atomic E-state index is 13.5. The Kier molecular flexibility index (Phi) is 8.40. The van der Waals surface area contributed by atoms with E-state index >= 15 is 0 Å². The number of likely N-dealkylation sites (tertiary alicyclic amines) is 1. The summed E-state index contributed by atoms with van der Waals surface area (Å²) in [5.74, 6) is 1.26. The van der Waals surface area contributed by atoms with Crippen molar-refractivity contribution in [2.24, 2.45) is 0 Å². The van der Waals surface area contributed by atoms with Gasteiger partial charge < -0.3 is 24.5 Å². The molecule has 7 nitrogen and oxygen atoms in total. The van der Waals surface area contributed by atoms with Crippen LogP contribution in [0.2, 0.25) is 10.0 Å². The highest BCUT2D eigenvalue weighted by molar-refractivity contribution is 6.31. The van der Waals surface area contributed by atoms with Crippen molar-refractivity contribution in [1.29, 1.82) is 0 Å². The molecule has 3 heterocycles. The van der Waals surface area contributed by atoms with Crippen LogP contribution in [0, 0.1) is 0 Å². The zero-order chi connectivity index (χ0) is 28.3. The van der Waals surface area contributed by atoms with Crippen LogP contribution >= 0.6 is 23.2 Å². The molecule has 2 aliphatic heterocycles. The molecule has 0 bridgehead atoms. The number of rotatable bonds is 7. The molecule has 2 aliphatic rings. The fraction of sp³-hybridized carbons (Fsp3) is 0.344. The molecule has 9 heteroatoms. The summed E-state index contributed by atoms with van der Waals surface area (Å²) in [6, 6.07) is 20.3. The zero-order valence-electron chi connectivity index (χ0n) is 22.7. The van der Waals surface area contributed by atoms with Crippen LogP contribution < -0.4 is 9.47 Å². The van der Waals surface area contributed by atoms with Gasteiger partial charge in [-0.2, -0.15) is 0 Å². The van der Waals surface area contributed by atoms with E-state index in [2.05, 4.69) is 9.88 Å². The first-order valence-electron chi connectivity index (χ1n) is 14.1. The van der Waals surface area contributed by atoms with Gasteiger partial charge in [0.1, 0.15) is 23.6 Å². The first-order valence-corrected chi connectivity index (χ1v) is 14.9. The van der Waals surface area contributed by atoms with Crippen LogP contribution in [0.4, 0.5) is 4.79 Å². The Hall–Kier alpha value is -3.23. The Bertz CT molecular complexity index is 1500. The SMILES string of the molecule is O=C(Oc1ccc(Cl)cc1)N1CCc2c([nH]c3ccc(Cl)cc23)C1c1ccc(OC2CCN(CCCO)CC2)cc1. The Labute approximate surface area is 249 Å². The van der Waals surface area contributed by atoms with Gasteiger partial charge in [0.25, 0.3) is 0 Å². The number of amides is 1. The van der Waals surface area contributed by atoms with Crippen LogP contribution in [-0.4, -0.2) is 64.9 Å². The first-order chi connectivity index (χ1) is 20.0. The summed E-state index contributed by atoms with van der Waals surface area (Å²) in [5, 5.41) is 11.4. The topological polar surface area (TPSA) is 78.0 Å². The molecule has 1 saturated heterocycles. The lowest BCUT2D eigenvalue weighted by Gasteiger charge is -2.35. The maximum Gasteiger partial charge on any atom is 0.416 e. The van der Waals surface area contributed by atoms with Crippen LogP contribution in [0.5, 0.6) is 11.5 Å². The van der Waals surface area contributed by atoms with Crippen molar-refractivity contribution in [3.63, 3.8) is 0 Å². The summed E-state index contributed by atoms with van der Waals surface area (Å²) in [5.41, 5.74) is 4.08. The van der Waals surface area contributed by atoms with E-state index in [1.54, 1.807) is 29.2 Å². The molecule has 1 amide bonds. The molecule has 3 aromatic carbocycles. The monoisotopic (exact) mass is 593 g/mol. The van der Waals surface area contributed by atoms with Crippen molar-refractivity contribution in [1.82, 2.24) is 14.8 Å². The number of piperidine rings is 1. The first kappa shape index (κ1) is 27.9. The fourth-order valence-electron chi connectivity index (χ4n) is 5.93. The summed E-state index contributed by atoms with van der Waals surface area (Å²) in [6.45, 7) is 3.61. The number of nitrogens with zero attached hydrogens (tertiary/aromatic N) is 2. The molecule has 1 aromatic heterocycles. The summed E-state index contributed by atoms with van der Waals surface area (Å²) >= 11 is 12.4. The molecule has 2 N–H and O–H groups in total. The molecular formula is C32H33Cl2N3O4. The summed E-state index contributed by atoms with van der Waals surface area (Å²) in [7, 11) is 0. The number of carbonyl (C=O) groups is 1. The van der Waals surface area contributed by atoms with Crippen LogP contribution in [0.3, 0.4) is 0 Å². The second-order valence-electron chi connectivity index (χ2n) is 10.7. The van der Waals surface area contributed by atoms with Crippen LogP contribution in [-0.2, 0) is 6.42 Å². The number of aromatic nitrogens is 1. The van der Waals surface area contributed by atoms with E-state index in [9.17, 15) is 4.79 Å². The number of carbonyl (C=O) groups excluding carboxylic acids is 1. The third-order valence-electron chi connectivity index (χ3n) is 8.01. The average molecular weight is 595 g/mol. The van der Waals surface area contributed by atoms with Crippen LogP contribution in [0.15, 0.2) is 66.7 Å². The van der Waals surface area contributed by atoms with Gasteiger partial charge in [0.2, 0.25) is 0 Å². The van der Waals surface area contributed by atoms with Crippen molar-refractivity contribution in [2.45, 2.75) is 37.8 Å². The molecule has 0 aliphatic carbocycles. The Balaban J connectivity index is 1.25. The normalized spacial score (nSPS) is 17.9. The van der Waals surface area contributed by atoms with Gasteiger partial charge in [0.15, 0.2) is 0 Å². The van der Waals surface area contributed by atoms with Crippen LogP contribution in [0.25, 0.3) is 10.9 Å². The minimum absolute atomic E-state index is 0.164. The molecular weight excluding hydrogens is 561 g/mol. The highest BCUT2D eigenvalue weighted by Crippen LogP contribution is 2.40. The summed E-state index contributed by atoms with van der Waals surface area (Å²) in [4.78, 5) is 21.3. The quantitative estimate of drug-likeness (QED) is 0.245. The van der Waals surface area contributed by atoms with E-state index in [1.165, 1.54) is 0 Å². The number of nitrogens with one attached hydrogen (secondary N) is 1. The molecule has 6 rings (SSSR count). The third-order valence-corrected chi connectivity index (χ3v) is 8.50. The second-order valence-corrected chi connectivity index (χ2v) is 11.6. The number of halogens is 2. The Morgan fingerprint density at radius 2 is 1.63 bits per heavy atom. The molecule has 1 fully saturated rings. The molecule has 0 radical (unpaired) electrons. The molecule has 1 atom stereocenters. The van der Waals surface area contributed by atoms with E-state index in [0.29, 0.717) is 28.8 Å². The predicted octanol–water partition coefficient (Wildman–Crippen LogP) is 6.85. The Morgan fingerprint density at radius 3 is 2.37 bits per heavy atom. The van der Waals surface area contributed by atoms with E-state index < -0.39 is 6.09 Å². The van der Waals surface area contributed by atoms with Gasteiger partial charge in [-0.1, -0.05) is 35.3 Å². The maximum atomic E-state index is 13.5. The van der Waals surface area contributed by atoms with E-state index in [0.717, 1.165) is 72.4 Å². The Morgan fingerprint density at radius 1 is 0.927 bits per heavy atom. The molecule has 1 unspecified atom stereocenters. The summed E-state index contributed by atoms with van der Waals surface area (Å²) in [6.07, 6.45) is 3.15. The van der Waals surface area contributed by atoms with Gasteiger partial charge in [-0.3, -0.25) is 4.90 Å². The lowest BCUT2D eigenvalue weighted by Crippen LogP contribution is -2.42. The van der Waals surface area contributed by atoms with E-state index in [4.69, 9.17) is 37.8 Å². The minimum atomic E-state index is -0.423. The molecule has 41 heavy (non-hydrogen) atoms. The number of aromatic amines is 1. The standard InChI is InChI=1S/C32H33Cl2N3O4/c33-22-4-9-25(10-5-22)41-32(39)37-18-14-27-28-20-23(34)6-11-29(28)35-30(27)31(37)21-2-7-24(8-3-21)40-26-12-16-36(17-13-26)15-1-19-38/h2-11,20,26,31,35,38H,1,12-19H2. The van der Waals surface area contributed by atoms with Crippen molar-refractivity contribution >= 4 is 40.2 Å². The lowest BCUT2D eigenvalue weighted by atomic mass is 9.92. The average Bonchev–Trinajstić information content (AvgIpc) is 3.36.